The minimum absolute atomic E-state index is 0.243. The first-order chi connectivity index (χ1) is 12.5. The van der Waals surface area contributed by atoms with Crippen LogP contribution < -0.4 is 25.4 Å². The lowest BCUT2D eigenvalue weighted by atomic mass is 10.1. The minimum atomic E-state index is -0.473. The van der Waals surface area contributed by atoms with Crippen LogP contribution in [0.2, 0.25) is 0 Å². The van der Waals surface area contributed by atoms with Crippen molar-refractivity contribution >= 4 is 23.5 Å². The number of anilines is 1. The fraction of sp³-hybridized carbons (Fsp3) is 0.167. The van der Waals surface area contributed by atoms with Crippen molar-refractivity contribution < 1.29 is 23.9 Å². The summed E-state index contributed by atoms with van der Waals surface area (Å²) < 4.78 is 10.4. The summed E-state index contributed by atoms with van der Waals surface area (Å²) in [5.41, 5.74) is 1.79. The zero-order valence-corrected chi connectivity index (χ0v) is 14.2. The number of ether oxygens (including phenoxy) is 2. The van der Waals surface area contributed by atoms with Gasteiger partial charge < -0.3 is 20.1 Å². The fourth-order valence-electron chi connectivity index (χ4n) is 2.59. The molecule has 0 unspecified atom stereocenters. The van der Waals surface area contributed by atoms with Crippen LogP contribution in [0.4, 0.5) is 10.5 Å². The fourth-order valence-corrected chi connectivity index (χ4v) is 2.59. The second kappa shape index (κ2) is 7.14. The summed E-state index contributed by atoms with van der Waals surface area (Å²) >= 11 is 0. The SMILES string of the molecule is COc1ccc(CNC(=O)Nc2ccc3c(c2)C(=O)NC3=O)cc1OC. The number of fused-ring (bicyclic) bond motifs is 1. The Bertz CT molecular complexity index is 894. The van der Waals surface area contributed by atoms with E-state index in [9.17, 15) is 14.4 Å². The molecule has 0 fully saturated rings. The van der Waals surface area contributed by atoms with Crippen LogP contribution in [0.5, 0.6) is 11.5 Å². The number of carbonyl (C=O) groups excluding carboxylic acids is 3. The molecule has 1 aliphatic heterocycles. The number of hydrogen-bond acceptors (Lipinski definition) is 5. The van der Waals surface area contributed by atoms with Crippen molar-refractivity contribution in [1.82, 2.24) is 10.6 Å². The molecule has 8 nitrogen and oxygen atoms in total. The molecule has 1 aliphatic rings. The van der Waals surface area contributed by atoms with Crippen LogP contribution >= 0.6 is 0 Å². The Kier molecular flexibility index (Phi) is 4.74. The van der Waals surface area contributed by atoms with Crippen LogP contribution in [0.3, 0.4) is 0 Å². The Morgan fingerprint density at radius 2 is 1.69 bits per heavy atom. The van der Waals surface area contributed by atoms with Crippen LogP contribution in [0.15, 0.2) is 36.4 Å². The first-order valence-corrected chi connectivity index (χ1v) is 7.77. The van der Waals surface area contributed by atoms with Crippen molar-refractivity contribution in [2.24, 2.45) is 0 Å². The highest BCUT2D eigenvalue weighted by Crippen LogP contribution is 2.27. The van der Waals surface area contributed by atoms with E-state index in [1.165, 1.54) is 19.2 Å². The van der Waals surface area contributed by atoms with Crippen LogP contribution in [0.25, 0.3) is 0 Å². The van der Waals surface area contributed by atoms with Crippen LogP contribution in [-0.4, -0.2) is 32.1 Å². The average molecular weight is 355 g/mol. The Morgan fingerprint density at radius 3 is 2.42 bits per heavy atom. The average Bonchev–Trinajstić information content (AvgIpc) is 2.93. The summed E-state index contributed by atoms with van der Waals surface area (Å²) in [6.07, 6.45) is 0. The molecule has 2 aromatic carbocycles. The first kappa shape index (κ1) is 17.3. The molecule has 1 heterocycles. The number of nitrogens with one attached hydrogen (secondary N) is 3. The minimum Gasteiger partial charge on any atom is -0.493 e. The first-order valence-electron chi connectivity index (χ1n) is 7.77. The maximum absolute atomic E-state index is 12.1. The van der Waals surface area contributed by atoms with E-state index in [1.54, 1.807) is 25.3 Å². The van der Waals surface area contributed by atoms with Gasteiger partial charge in [0.25, 0.3) is 11.8 Å². The van der Waals surface area contributed by atoms with E-state index in [-0.39, 0.29) is 12.1 Å². The van der Waals surface area contributed by atoms with Crippen LogP contribution in [-0.2, 0) is 6.54 Å². The lowest BCUT2D eigenvalue weighted by Gasteiger charge is -2.11. The van der Waals surface area contributed by atoms with Gasteiger partial charge in [0.1, 0.15) is 0 Å². The molecule has 4 amide bonds. The van der Waals surface area contributed by atoms with Gasteiger partial charge in [0.05, 0.1) is 25.3 Å². The van der Waals surface area contributed by atoms with E-state index >= 15 is 0 Å². The molecule has 0 atom stereocenters. The van der Waals surface area contributed by atoms with Crippen molar-refractivity contribution in [3.63, 3.8) is 0 Å². The normalized spacial score (nSPS) is 12.2. The molecule has 0 bridgehead atoms. The number of urea groups is 1. The molecule has 0 aliphatic carbocycles. The largest absolute Gasteiger partial charge is 0.493 e. The second-order valence-corrected chi connectivity index (χ2v) is 5.54. The van der Waals surface area contributed by atoms with E-state index in [1.807, 2.05) is 6.07 Å². The second-order valence-electron chi connectivity index (χ2n) is 5.54. The van der Waals surface area contributed by atoms with Gasteiger partial charge in [-0.15, -0.1) is 0 Å². The summed E-state index contributed by atoms with van der Waals surface area (Å²) in [6.45, 7) is 0.274. The summed E-state index contributed by atoms with van der Waals surface area (Å²) in [4.78, 5) is 35.2. The Morgan fingerprint density at radius 1 is 0.962 bits per heavy atom. The van der Waals surface area contributed by atoms with Gasteiger partial charge >= 0.3 is 6.03 Å². The van der Waals surface area contributed by atoms with Crippen molar-refractivity contribution in [2.75, 3.05) is 19.5 Å². The van der Waals surface area contributed by atoms with Gasteiger partial charge in [-0.1, -0.05) is 6.07 Å². The molecule has 3 rings (SSSR count). The van der Waals surface area contributed by atoms with Crippen LogP contribution in [0, 0.1) is 0 Å². The molecular formula is C18H17N3O5. The quantitative estimate of drug-likeness (QED) is 0.711. The van der Waals surface area contributed by atoms with E-state index in [0.717, 1.165) is 5.56 Å². The molecule has 3 N–H and O–H groups in total. The lowest BCUT2D eigenvalue weighted by molar-refractivity contribution is 0.0879. The monoisotopic (exact) mass is 355 g/mol. The molecule has 0 saturated heterocycles. The summed E-state index contributed by atoms with van der Waals surface area (Å²) in [7, 11) is 3.09. The number of hydrogen-bond donors (Lipinski definition) is 3. The van der Waals surface area contributed by atoms with Gasteiger partial charge in [0.2, 0.25) is 0 Å². The smallest absolute Gasteiger partial charge is 0.319 e. The van der Waals surface area contributed by atoms with E-state index in [2.05, 4.69) is 16.0 Å². The summed E-state index contributed by atoms with van der Waals surface area (Å²) in [5.74, 6) is 0.266. The van der Waals surface area contributed by atoms with Gasteiger partial charge in [0.15, 0.2) is 11.5 Å². The zero-order chi connectivity index (χ0) is 18.7. The molecular weight excluding hydrogens is 338 g/mol. The van der Waals surface area contributed by atoms with Gasteiger partial charge in [-0.05, 0) is 35.9 Å². The van der Waals surface area contributed by atoms with Gasteiger partial charge in [-0.25, -0.2) is 4.79 Å². The highest BCUT2D eigenvalue weighted by atomic mass is 16.5. The molecule has 0 saturated carbocycles. The van der Waals surface area contributed by atoms with Gasteiger partial charge in [-0.2, -0.15) is 0 Å². The predicted molar refractivity (Wildman–Crippen MR) is 93.6 cm³/mol. The van der Waals surface area contributed by atoms with Crippen molar-refractivity contribution in [3.8, 4) is 11.5 Å². The van der Waals surface area contributed by atoms with Gasteiger partial charge in [0, 0.05) is 12.2 Å². The van der Waals surface area contributed by atoms with E-state index < -0.39 is 17.8 Å². The van der Waals surface area contributed by atoms with E-state index in [4.69, 9.17) is 9.47 Å². The molecule has 134 valence electrons. The zero-order valence-electron chi connectivity index (χ0n) is 14.2. The van der Waals surface area contributed by atoms with Crippen molar-refractivity contribution in [2.45, 2.75) is 6.54 Å². The molecule has 0 aromatic heterocycles. The maximum atomic E-state index is 12.1. The number of carbonyl (C=O) groups is 3. The molecule has 0 spiro atoms. The molecule has 8 heteroatoms. The third kappa shape index (κ3) is 3.44. The number of imide groups is 1. The maximum Gasteiger partial charge on any atom is 0.319 e. The number of methoxy groups -OCH3 is 2. The summed E-state index contributed by atoms with van der Waals surface area (Å²) in [5, 5.41) is 7.54. The Labute approximate surface area is 149 Å². The Balaban J connectivity index is 1.62. The lowest BCUT2D eigenvalue weighted by Crippen LogP contribution is -2.28. The highest BCUT2D eigenvalue weighted by Gasteiger charge is 2.26. The van der Waals surface area contributed by atoms with Crippen molar-refractivity contribution in [3.05, 3.63) is 53.1 Å². The highest BCUT2D eigenvalue weighted by molar-refractivity contribution is 6.22. The van der Waals surface area contributed by atoms with Crippen LogP contribution in [0.1, 0.15) is 26.3 Å². The van der Waals surface area contributed by atoms with Crippen molar-refractivity contribution in [1.29, 1.82) is 0 Å². The summed E-state index contributed by atoms with van der Waals surface area (Å²) in [6, 6.07) is 9.42. The third-order valence-corrected chi connectivity index (χ3v) is 3.89. The standard InChI is InChI=1S/C18H17N3O5/c1-25-14-6-3-10(7-15(14)26-2)9-19-18(24)20-11-4-5-12-13(8-11)17(23)21-16(12)22/h3-8H,9H2,1-2H3,(H2,19,20,24)(H,21,22,23). The Hall–Kier alpha value is -3.55. The van der Waals surface area contributed by atoms with E-state index in [0.29, 0.717) is 22.7 Å². The molecule has 0 radical (unpaired) electrons. The number of amides is 4. The molecule has 2 aromatic rings. The topological polar surface area (TPSA) is 106 Å². The number of rotatable bonds is 5. The predicted octanol–water partition coefficient (Wildman–Crippen LogP) is 1.91. The number of benzene rings is 2. The third-order valence-electron chi connectivity index (χ3n) is 3.89. The van der Waals surface area contributed by atoms with Gasteiger partial charge in [-0.3, -0.25) is 14.9 Å². The molecule has 26 heavy (non-hydrogen) atoms.